The van der Waals surface area contributed by atoms with E-state index in [2.05, 4.69) is 5.32 Å². The number of rotatable bonds is 5. The summed E-state index contributed by atoms with van der Waals surface area (Å²) in [6.45, 7) is 6.01. The Morgan fingerprint density at radius 2 is 2.17 bits per heavy atom. The van der Waals surface area contributed by atoms with Gasteiger partial charge in [-0.15, -0.1) is 0 Å². The monoisotopic (exact) mass is 246 g/mol. The van der Waals surface area contributed by atoms with E-state index < -0.39 is 0 Å². The second-order valence-electron chi connectivity index (χ2n) is 4.53. The molecular weight excluding hydrogens is 228 g/mol. The molecule has 1 amide bonds. The number of benzene rings is 1. The number of nitrogens with zero attached hydrogens (tertiary/aromatic N) is 1. The second kappa shape index (κ2) is 6.65. The summed E-state index contributed by atoms with van der Waals surface area (Å²) in [4.78, 5) is 11.6. The third-order valence-electron chi connectivity index (χ3n) is 2.72. The van der Waals surface area contributed by atoms with Crippen LogP contribution in [0.3, 0.4) is 0 Å². The number of carbonyl (C=O) groups excluding carboxylic acids is 1. The molecule has 0 aliphatic heterocycles. The van der Waals surface area contributed by atoms with Crippen molar-refractivity contribution < 1.29 is 9.53 Å². The van der Waals surface area contributed by atoms with Gasteiger partial charge >= 0.3 is 0 Å². The smallest absolute Gasteiger partial charge is 0.258 e. The first kappa shape index (κ1) is 14.0. The SMILES string of the molecule is CC(C)[C@H](C)NC(=O)COc1cccc(C#N)c1. The van der Waals surface area contributed by atoms with Gasteiger partial charge in [0.1, 0.15) is 5.75 Å². The first-order valence-corrected chi connectivity index (χ1v) is 5.95. The lowest BCUT2D eigenvalue weighted by atomic mass is 10.1. The molecule has 0 bridgehead atoms. The summed E-state index contributed by atoms with van der Waals surface area (Å²) in [6.07, 6.45) is 0. The molecule has 1 aromatic rings. The first-order chi connectivity index (χ1) is 8.52. The maximum absolute atomic E-state index is 11.6. The molecule has 1 rings (SSSR count). The molecule has 0 aromatic heterocycles. The first-order valence-electron chi connectivity index (χ1n) is 5.95. The molecule has 0 saturated heterocycles. The number of nitrogens with one attached hydrogen (secondary N) is 1. The molecule has 0 fully saturated rings. The van der Waals surface area contributed by atoms with Crippen molar-refractivity contribution in [3.05, 3.63) is 29.8 Å². The molecule has 1 aromatic carbocycles. The molecule has 0 unspecified atom stereocenters. The minimum Gasteiger partial charge on any atom is -0.484 e. The third-order valence-corrected chi connectivity index (χ3v) is 2.72. The van der Waals surface area contributed by atoms with Crippen molar-refractivity contribution in [2.45, 2.75) is 26.8 Å². The molecule has 0 spiro atoms. The van der Waals surface area contributed by atoms with Crippen LogP contribution in [0.2, 0.25) is 0 Å². The summed E-state index contributed by atoms with van der Waals surface area (Å²) in [6, 6.07) is 8.88. The number of ether oxygens (including phenoxy) is 1. The fourth-order valence-electron chi connectivity index (χ4n) is 1.27. The zero-order valence-electron chi connectivity index (χ0n) is 10.9. The molecule has 0 aliphatic carbocycles. The Balaban J connectivity index is 2.45. The topological polar surface area (TPSA) is 62.1 Å². The van der Waals surface area contributed by atoms with Gasteiger partial charge in [-0.1, -0.05) is 19.9 Å². The lowest BCUT2D eigenvalue weighted by Crippen LogP contribution is -2.38. The molecule has 0 radical (unpaired) electrons. The van der Waals surface area contributed by atoms with E-state index in [1.165, 1.54) is 0 Å². The molecule has 4 heteroatoms. The van der Waals surface area contributed by atoms with Gasteiger partial charge in [0.25, 0.3) is 5.91 Å². The number of nitriles is 1. The molecule has 0 aliphatic rings. The summed E-state index contributed by atoms with van der Waals surface area (Å²) < 4.78 is 5.33. The van der Waals surface area contributed by atoms with Crippen molar-refractivity contribution in [2.24, 2.45) is 5.92 Å². The summed E-state index contributed by atoms with van der Waals surface area (Å²) in [5.41, 5.74) is 0.517. The highest BCUT2D eigenvalue weighted by molar-refractivity contribution is 5.77. The van der Waals surface area contributed by atoms with E-state index in [0.29, 0.717) is 17.2 Å². The third kappa shape index (κ3) is 4.46. The summed E-state index contributed by atoms with van der Waals surface area (Å²) in [7, 11) is 0. The van der Waals surface area contributed by atoms with E-state index in [0.717, 1.165) is 0 Å². The van der Waals surface area contributed by atoms with E-state index in [9.17, 15) is 4.79 Å². The van der Waals surface area contributed by atoms with Crippen LogP contribution in [-0.2, 0) is 4.79 Å². The Bertz CT molecular complexity index is 449. The van der Waals surface area contributed by atoms with E-state index in [1.807, 2.05) is 26.8 Å². The number of hydrogen-bond donors (Lipinski definition) is 1. The molecule has 0 heterocycles. The van der Waals surface area contributed by atoms with Crippen molar-refractivity contribution in [2.75, 3.05) is 6.61 Å². The highest BCUT2D eigenvalue weighted by Crippen LogP contribution is 2.12. The van der Waals surface area contributed by atoms with E-state index >= 15 is 0 Å². The van der Waals surface area contributed by atoms with Gasteiger partial charge in [-0.25, -0.2) is 0 Å². The van der Waals surface area contributed by atoms with Gasteiger partial charge in [-0.3, -0.25) is 4.79 Å². The number of carbonyl (C=O) groups is 1. The van der Waals surface area contributed by atoms with Crippen LogP contribution in [0, 0.1) is 17.2 Å². The van der Waals surface area contributed by atoms with Gasteiger partial charge in [0, 0.05) is 6.04 Å². The minimum atomic E-state index is -0.154. The van der Waals surface area contributed by atoms with Crippen LogP contribution in [-0.4, -0.2) is 18.6 Å². The molecular formula is C14H18N2O2. The van der Waals surface area contributed by atoms with Gasteiger partial charge in [0.15, 0.2) is 6.61 Å². The summed E-state index contributed by atoms with van der Waals surface area (Å²) >= 11 is 0. The molecule has 1 atom stereocenters. The largest absolute Gasteiger partial charge is 0.484 e. The van der Waals surface area contributed by atoms with Crippen molar-refractivity contribution in [1.29, 1.82) is 5.26 Å². The van der Waals surface area contributed by atoms with Crippen molar-refractivity contribution in [3.63, 3.8) is 0 Å². The Morgan fingerprint density at radius 1 is 1.44 bits per heavy atom. The lowest BCUT2D eigenvalue weighted by molar-refractivity contribution is -0.124. The number of amides is 1. The fourth-order valence-corrected chi connectivity index (χ4v) is 1.27. The normalized spacial score (nSPS) is 11.7. The zero-order chi connectivity index (χ0) is 13.5. The van der Waals surface area contributed by atoms with E-state index in [4.69, 9.17) is 10.00 Å². The maximum atomic E-state index is 11.6. The summed E-state index contributed by atoms with van der Waals surface area (Å²) in [5.74, 6) is 0.760. The van der Waals surface area contributed by atoms with Gasteiger partial charge < -0.3 is 10.1 Å². The van der Waals surface area contributed by atoms with Crippen LogP contribution in [0.25, 0.3) is 0 Å². The van der Waals surface area contributed by atoms with Crippen LogP contribution in [0.5, 0.6) is 5.75 Å². The van der Waals surface area contributed by atoms with E-state index in [-0.39, 0.29) is 18.6 Å². The van der Waals surface area contributed by atoms with Gasteiger partial charge in [0.2, 0.25) is 0 Å². The van der Waals surface area contributed by atoms with Gasteiger partial charge in [0.05, 0.1) is 11.6 Å². The molecule has 18 heavy (non-hydrogen) atoms. The Labute approximate surface area is 108 Å². The predicted octanol–water partition coefficient (Wildman–Crippen LogP) is 2.10. The van der Waals surface area contributed by atoms with Crippen LogP contribution in [0.4, 0.5) is 0 Å². The second-order valence-corrected chi connectivity index (χ2v) is 4.53. The molecule has 96 valence electrons. The number of hydrogen-bond acceptors (Lipinski definition) is 3. The van der Waals surface area contributed by atoms with Crippen LogP contribution in [0.15, 0.2) is 24.3 Å². The maximum Gasteiger partial charge on any atom is 0.258 e. The van der Waals surface area contributed by atoms with Crippen molar-refractivity contribution in [3.8, 4) is 11.8 Å². The van der Waals surface area contributed by atoms with Crippen LogP contribution < -0.4 is 10.1 Å². The minimum absolute atomic E-state index is 0.0358. The fraction of sp³-hybridized carbons (Fsp3) is 0.429. The highest BCUT2D eigenvalue weighted by Gasteiger charge is 2.11. The molecule has 4 nitrogen and oxygen atoms in total. The average Bonchev–Trinajstić information content (AvgIpc) is 2.36. The van der Waals surface area contributed by atoms with Crippen LogP contribution in [0.1, 0.15) is 26.3 Å². The Kier molecular flexibility index (Phi) is 5.19. The Morgan fingerprint density at radius 3 is 2.78 bits per heavy atom. The van der Waals surface area contributed by atoms with Crippen molar-refractivity contribution >= 4 is 5.91 Å². The van der Waals surface area contributed by atoms with Crippen LogP contribution >= 0.6 is 0 Å². The van der Waals surface area contributed by atoms with Crippen molar-refractivity contribution in [1.82, 2.24) is 5.32 Å². The average molecular weight is 246 g/mol. The predicted molar refractivity (Wildman–Crippen MR) is 69.1 cm³/mol. The molecule has 0 saturated carbocycles. The molecule has 1 N–H and O–H groups in total. The highest BCUT2D eigenvalue weighted by atomic mass is 16.5. The van der Waals surface area contributed by atoms with Gasteiger partial charge in [-0.05, 0) is 31.0 Å². The van der Waals surface area contributed by atoms with E-state index in [1.54, 1.807) is 24.3 Å². The summed E-state index contributed by atoms with van der Waals surface area (Å²) in [5, 5.41) is 11.6. The van der Waals surface area contributed by atoms with Gasteiger partial charge in [-0.2, -0.15) is 5.26 Å². The zero-order valence-corrected chi connectivity index (χ0v) is 10.9. The Hall–Kier alpha value is -2.02. The standard InChI is InChI=1S/C14H18N2O2/c1-10(2)11(3)16-14(17)9-18-13-6-4-5-12(7-13)8-15/h4-7,10-11H,9H2,1-3H3,(H,16,17)/t11-/m0/s1. The lowest BCUT2D eigenvalue weighted by Gasteiger charge is -2.17. The quantitative estimate of drug-likeness (QED) is 0.865.